The van der Waals surface area contributed by atoms with Crippen LogP contribution in [-0.2, 0) is 0 Å². The zero-order chi connectivity index (χ0) is 8.97. The van der Waals surface area contributed by atoms with Gasteiger partial charge in [-0.3, -0.25) is 0 Å². The van der Waals surface area contributed by atoms with Crippen LogP contribution in [0.15, 0.2) is 24.3 Å². The molecule has 0 radical (unpaired) electrons. The van der Waals surface area contributed by atoms with Crippen molar-refractivity contribution in [1.29, 1.82) is 0 Å². The molecule has 1 heteroatoms. The van der Waals surface area contributed by atoms with E-state index >= 15 is 0 Å². The van der Waals surface area contributed by atoms with E-state index in [1.54, 1.807) is 0 Å². The Morgan fingerprint density at radius 2 is 1.83 bits per heavy atom. The van der Waals surface area contributed by atoms with Gasteiger partial charge in [0.05, 0.1) is 0 Å². The summed E-state index contributed by atoms with van der Waals surface area (Å²) in [4.78, 5) is 0. The Morgan fingerprint density at radius 3 is 2.33 bits per heavy atom. The van der Waals surface area contributed by atoms with Gasteiger partial charge >= 0.3 is 0 Å². The molecule has 1 nitrogen and oxygen atoms in total. The third-order valence-electron chi connectivity index (χ3n) is 2.08. The molecule has 0 bridgehead atoms. The molecule has 0 unspecified atom stereocenters. The van der Waals surface area contributed by atoms with Crippen molar-refractivity contribution in [1.82, 2.24) is 0 Å². The molecule has 0 aliphatic rings. The van der Waals surface area contributed by atoms with E-state index in [4.69, 9.17) is 0 Å². The van der Waals surface area contributed by atoms with Crippen molar-refractivity contribution < 1.29 is 0 Å². The van der Waals surface area contributed by atoms with Gasteiger partial charge in [-0.15, -0.1) is 0 Å². The van der Waals surface area contributed by atoms with Crippen LogP contribution in [0.4, 0.5) is 5.69 Å². The summed E-state index contributed by atoms with van der Waals surface area (Å²) in [6, 6.07) is 9.08. The molecule has 1 aromatic rings. The molecule has 0 aliphatic carbocycles. The van der Waals surface area contributed by atoms with Gasteiger partial charge in [0, 0.05) is 11.7 Å². The van der Waals surface area contributed by atoms with Crippen LogP contribution >= 0.6 is 0 Å². The molecule has 0 saturated carbocycles. The maximum atomic E-state index is 3.42. The number of anilines is 1. The van der Waals surface area contributed by atoms with E-state index in [1.165, 1.54) is 11.3 Å². The second-order valence-corrected chi connectivity index (χ2v) is 3.32. The molecule has 1 rings (SSSR count). The summed E-state index contributed by atoms with van der Waals surface area (Å²) in [6.07, 6.45) is 1.16. The van der Waals surface area contributed by atoms with Gasteiger partial charge in [0.15, 0.2) is 0 Å². The molecular weight excluding hydrogens is 146 g/mol. The molecule has 0 heterocycles. The van der Waals surface area contributed by atoms with Crippen LogP contribution in [-0.4, -0.2) is 6.04 Å². The lowest BCUT2D eigenvalue weighted by Crippen LogP contribution is -2.12. The SMILES string of the molecule is CC[C@H](C)Nc1ccc(C)cc1. The number of benzene rings is 1. The van der Waals surface area contributed by atoms with Crippen molar-refractivity contribution in [2.75, 3.05) is 5.32 Å². The lowest BCUT2D eigenvalue weighted by atomic mass is 10.2. The van der Waals surface area contributed by atoms with E-state index in [0.29, 0.717) is 6.04 Å². The molecule has 66 valence electrons. The summed E-state index contributed by atoms with van der Waals surface area (Å²) in [6.45, 7) is 6.48. The van der Waals surface area contributed by atoms with E-state index in [2.05, 4.69) is 50.4 Å². The van der Waals surface area contributed by atoms with E-state index in [0.717, 1.165) is 6.42 Å². The van der Waals surface area contributed by atoms with E-state index in [-0.39, 0.29) is 0 Å². The maximum absolute atomic E-state index is 3.42. The van der Waals surface area contributed by atoms with E-state index in [1.807, 2.05) is 0 Å². The van der Waals surface area contributed by atoms with Crippen molar-refractivity contribution in [3.05, 3.63) is 29.8 Å². The predicted molar refractivity (Wildman–Crippen MR) is 54.6 cm³/mol. The van der Waals surface area contributed by atoms with Crippen LogP contribution in [0.3, 0.4) is 0 Å². The monoisotopic (exact) mass is 163 g/mol. The number of aryl methyl sites for hydroxylation is 1. The highest BCUT2D eigenvalue weighted by Crippen LogP contribution is 2.10. The van der Waals surface area contributed by atoms with Crippen LogP contribution < -0.4 is 5.32 Å². The first-order valence-corrected chi connectivity index (χ1v) is 4.55. The van der Waals surface area contributed by atoms with Crippen molar-refractivity contribution in [2.45, 2.75) is 33.2 Å². The molecule has 0 aromatic heterocycles. The highest BCUT2D eigenvalue weighted by Gasteiger charge is 1.96. The standard InChI is InChI=1S/C11H17N/c1-4-10(3)12-11-7-5-9(2)6-8-11/h5-8,10,12H,4H2,1-3H3/t10-/m0/s1. The molecule has 0 amide bonds. The fourth-order valence-corrected chi connectivity index (χ4v) is 1.04. The number of hydrogen-bond acceptors (Lipinski definition) is 1. The summed E-state index contributed by atoms with van der Waals surface area (Å²) in [7, 11) is 0. The van der Waals surface area contributed by atoms with Crippen LogP contribution in [0.1, 0.15) is 25.8 Å². The third kappa shape index (κ3) is 2.57. The summed E-state index contributed by atoms with van der Waals surface area (Å²) in [5.41, 5.74) is 2.53. The van der Waals surface area contributed by atoms with E-state index in [9.17, 15) is 0 Å². The average Bonchev–Trinajstić information content (AvgIpc) is 2.09. The Kier molecular flexibility index (Phi) is 3.15. The van der Waals surface area contributed by atoms with Gasteiger partial charge in [-0.1, -0.05) is 24.6 Å². The quantitative estimate of drug-likeness (QED) is 0.721. The minimum Gasteiger partial charge on any atom is -0.383 e. The van der Waals surface area contributed by atoms with Crippen molar-refractivity contribution in [3.8, 4) is 0 Å². The lowest BCUT2D eigenvalue weighted by Gasteiger charge is -2.12. The average molecular weight is 163 g/mol. The molecule has 1 N–H and O–H groups in total. The summed E-state index contributed by atoms with van der Waals surface area (Å²) in [5, 5.41) is 3.42. The highest BCUT2D eigenvalue weighted by molar-refractivity contribution is 5.44. The Morgan fingerprint density at radius 1 is 1.25 bits per heavy atom. The Hall–Kier alpha value is -0.980. The number of nitrogens with one attached hydrogen (secondary N) is 1. The fourth-order valence-electron chi connectivity index (χ4n) is 1.04. The van der Waals surface area contributed by atoms with Crippen molar-refractivity contribution >= 4 is 5.69 Å². The Labute approximate surface area is 74.8 Å². The van der Waals surface area contributed by atoms with Gasteiger partial charge in [-0.2, -0.15) is 0 Å². The predicted octanol–water partition coefficient (Wildman–Crippen LogP) is 3.21. The van der Waals surface area contributed by atoms with Gasteiger partial charge in [0.25, 0.3) is 0 Å². The first kappa shape index (κ1) is 9.11. The first-order chi connectivity index (χ1) is 5.72. The zero-order valence-corrected chi connectivity index (χ0v) is 8.09. The largest absolute Gasteiger partial charge is 0.383 e. The van der Waals surface area contributed by atoms with Crippen LogP contribution in [0.5, 0.6) is 0 Å². The minimum absolute atomic E-state index is 0.563. The van der Waals surface area contributed by atoms with Crippen LogP contribution in [0, 0.1) is 6.92 Å². The fraction of sp³-hybridized carbons (Fsp3) is 0.455. The molecule has 1 aromatic carbocycles. The Balaban J connectivity index is 2.58. The molecule has 0 fully saturated rings. The molecule has 1 atom stereocenters. The first-order valence-electron chi connectivity index (χ1n) is 4.55. The van der Waals surface area contributed by atoms with Crippen molar-refractivity contribution in [2.24, 2.45) is 0 Å². The molecule has 0 saturated heterocycles. The lowest BCUT2D eigenvalue weighted by molar-refractivity contribution is 0.764. The smallest absolute Gasteiger partial charge is 0.0342 e. The minimum atomic E-state index is 0.563. The van der Waals surface area contributed by atoms with Gasteiger partial charge in [-0.05, 0) is 32.4 Å². The van der Waals surface area contributed by atoms with Crippen LogP contribution in [0.2, 0.25) is 0 Å². The topological polar surface area (TPSA) is 12.0 Å². The number of rotatable bonds is 3. The molecule has 0 spiro atoms. The van der Waals surface area contributed by atoms with Gasteiger partial charge < -0.3 is 5.32 Å². The summed E-state index contributed by atoms with van der Waals surface area (Å²) in [5.74, 6) is 0. The third-order valence-corrected chi connectivity index (χ3v) is 2.08. The van der Waals surface area contributed by atoms with Gasteiger partial charge in [-0.25, -0.2) is 0 Å². The normalized spacial score (nSPS) is 12.6. The van der Waals surface area contributed by atoms with Gasteiger partial charge in [0.1, 0.15) is 0 Å². The number of hydrogen-bond donors (Lipinski definition) is 1. The second kappa shape index (κ2) is 4.15. The van der Waals surface area contributed by atoms with Crippen LogP contribution in [0.25, 0.3) is 0 Å². The molecule has 12 heavy (non-hydrogen) atoms. The van der Waals surface area contributed by atoms with Crippen molar-refractivity contribution in [3.63, 3.8) is 0 Å². The van der Waals surface area contributed by atoms with Gasteiger partial charge in [0.2, 0.25) is 0 Å². The van der Waals surface area contributed by atoms with E-state index < -0.39 is 0 Å². The summed E-state index contributed by atoms with van der Waals surface area (Å²) < 4.78 is 0. The highest BCUT2D eigenvalue weighted by atomic mass is 14.9. The second-order valence-electron chi connectivity index (χ2n) is 3.32. The molecule has 0 aliphatic heterocycles. The Bertz CT molecular complexity index is 225. The zero-order valence-electron chi connectivity index (χ0n) is 8.09. The molecular formula is C11H17N. The summed E-state index contributed by atoms with van der Waals surface area (Å²) >= 11 is 0. The maximum Gasteiger partial charge on any atom is 0.0342 e.